The molecule has 7 heteroatoms. The van der Waals surface area contributed by atoms with Crippen molar-refractivity contribution >= 4 is 23.4 Å². The summed E-state index contributed by atoms with van der Waals surface area (Å²) in [7, 11) is 1.68. The SMILES string of the molecule is COc1ccc(N2CCc3c(-c4cccc(N5CCNC5=O)n4)cc(C)nc32)c(C)c1. The highest BCUT2D eigenvalue weighted by Gasteiger charge is 2.28. The Morgan fingerprint density at radius 2 is 1.90 bits per heavy atom. The number of hydrogen-bond acceptors (Lipinski definition) is 5. The van der Waals surface area contributed by atoms with E-state index >= 15 is 0 Å². The first kappa shape index (κ1) is 19.4. The van der Waals surface area contributed by atoms with Crippen molar-refractivity contribution in [3.63, 3.8) is 0 Å². The molecule has 3 aromatic rings. The minimum atomic E-state index is -0.0954. The molecule has 7 nitrogen and oxygen atoms in total. The number of aryl methyl sites for hydroxylation is 2. The number of amides is 2. The molecule has 1 fully saturated rings. The van der Waals surface area contributed by atoms with Crippen molar-refractivity contribution in [2.24, 2.45) is 0 Å². The van der Waals surface area contributed by atoms with Gasteiger partial charge in [0.2, 0.25) is 0 Å². The molecule has 0 atom stereocenters. The van der Waals surface area contributed by atoms with Crippen LogP contribution in [0, 0.1) is 13.8 Å². The summed E-state index contributed by atoms with van der Waals surface area (Å²) in [4.78, 5) is 25.8. The van der Waals surface area contributed by atoms with E-state index in [9.17, 15) is 4.79 Å². The monoisotopic (exact) mass is 415 g/mol. The zero-order valence-electron chi connectivity index (χ0n) is 18.0. The van der Waals surface area contributed by atoms with Gasteiger partial charge in [-0.3, -0.25) is 4.90 Å². The highest BCUT2D eigenvalue weighted by molar-refractivity contribution is 5.93. The molecule has 31 heavy (non-hydrogen) atoms. The third-order valence-corrected chi connectivity index (χ3v) is 5.91. The van der Waals surface area contributed by atoms with Gasteiger partial charge in [0.25, 0.3) is 0 Å². The zero-order chi connectivity index (χ0) is 21.5. The maximum atomic E-state index is 12.1. The van der Waals surface area contributed by atoms with Gasteiger partial charge >= 0.3 is 6.03 Å². The number of benzene rings is 1. The lowest BCUT2D eigenvalue weighted by Crippen LogP contribution is -2.28. The fraction of sp³-hybridized carbons (Fsp3) is 0.292. The van der Waals surface area contributed by atoms with Crippen LogP contribution in [0.5, 0.6) is 5.75 Å². The minimum Gasteiger partial charge on any atom is -0.497 e. The first-order valence-corrected chi connectivity index (χ1v) is 10.5. The molecule has 1 saturated heterocycles. The standard InChI is InChI=1S/C24H25N5O2/c1-15-13-17(31-3)7-8-21(15)28-11-9-18-19(14-16(2)26-23(18)28)20-5-4-6-22(27-20)29-12-10-25-24(29)30/h4-8,13-14H,9-12H2,1-3H3,(H,25,30). The van der Waals surface area contributed by atoms with Crippen molar-refractivity contribution in [2.45, 2.75) is 20.3 Å². The van der Waals surface area contributed by atoms with Crippen molar-refractivity contribution in [2.75, 3.05) is 36.5 Å². The summed E-state index contributed by atoms with van der Waals surface area (Å²) in [6.07, 6.45) is 0.888. The first-order chi connectivity index (χ1) is 15.0. The summed E-state index contributed by atoms with van der Waals surface area (Å²) >= 11 is 0. The summed E-state index contributed by atoms with van der Waals surface area (Å²) in [5.41, 5.74) is 6.37. The summed E-state index contributed by atoms with van der Waals surface area (Å²) in [5, 5.41) is 2.84. The molecule has 0 unspecified atom stereocenters. The maximum absolute atomic E-state index is 12.1. The highest BCUT2D eigenvalue weighted by atomic mass is 16.5. The van der Waals surface area contributed by atoms with Crippen LogP contribution in [0.4, 0.5) is 22.1 Å². The summed E-state index contributed by atoms with van der Waals surface area (Å²) < 4.78 is 5.36. The Labute approximate surface area is 181 Å². The number of methoxy groups -OCH3 is 1. The fourth-order valence-corrected chi connectivity index (χ4v) is 4.42. The van der Waals surface area contributed by atoms with Gasteiger partial charge in [0.15, 0.2) is 0 Å². The molecule has 0 radical (unpaired) electrons. The number of fused-ring (bicyclic) bond motifs is 1. The third-order valence-electron chi connectivity index (χ3n) is 5.91. The predicted octanol–water partition coefficient (Wildman–Crippen LogP) is 3.99. The van der Waals surface area contributed by atoms with Crippen LogP contribution in [-0.4, -0.2) is 42.7 Å². The second-order valence-corrected chi connectivity index (χ2v) is 7.93. The molecule has 0 saturated carbocycles. The van der Waals surface area contributed by atoms with Crippen LogP contribution in [0.2, 0.25) is 0 Å². The fourth-order valence-electron chi connectivity index (χ4n) is 4.42. The Morgan fingerprint density at radius 3 is 2.65 bits per heavy atom. The Bertz CT molecular complexity index is 1180. The van der Waals surface area contributed by atoms with Gasteiger partial charge in [-0.15, -0.1) is 0 Å². The third kappa shape index (κ3) is 3.36. The average molecular weight is 415 g/mol. The van der Waals surface area contributed by atoms with Gasteiger partial charge in [0.05, 0.1) is 12.8 Å². The van der Waals surface area contributed by atoms with E-state index in [0.29, 0.717) is 18.9 Å². The van der Waals surface area contributed by atoms with Gasteiger partial charge in [-0.2, -0.15) is 0 Å². The lowest BCUT2D eigenvalue weighted by atomic mass is 10.0. The lowest BCUT2D eigenvalue weighted by Gasteiger charge is -2.22. The summed E-state index contributed by atoms with van der Waals surface area (Å²) in [6.45, 7) is 6.25. The predicted molar refractivity (Wildman–Crippen MR) is 121 cm³/mol. The molecule has 0 spiro atoms. The van der Waals surface area contributed by atoms with Crippen LogP contribution >= 0.6 is 0 Å². The molecule has 4 heterocycles. The van der Waals surface area contributed by atoms with Crippen LogP contribution in [0.15, 0.2) is 42.5 Å². The van der Waals surface area contributed by atoms with Gasteiger partial charge in [-0.05, 0) is 62.2 Å². The number of rotatable bonds is 4. The average Bonchev–Trinajstić information content (AvgIpc) is 3.39. The first-order valence-electron chi connectivity index (χ1n) is 10.5. The summed E-state index contributed by atoms with van der Waals surface area (Å²) in [5.74, 6) is 2.51. The zero-order valence-corrected chi connectivity index (χ0v) is 18.0. The van der Waals surface area contributed by atoms with E-state index in [-0.39, 0.29) is 6.03 Å². The Morgan fingerprint density at radius 1 is 1.03 bits per heavy atom. The molecule has 1 aromatic carbocycles. The van der Waals surface area contributed by atoms with E-state index < -0.39 is 0 Å². The van der Waals surface area contributed by atoms with Crippen LogP contribution in [0.1, 0.15) is 16.8 Å². The van der Waals surface area contributed by atoms with E-state index in [1.807, 2.05) is 31.2 Å². The number of pyridine rings is 2. The molecule has 158 valence electrons. The molecule has 2 aliphatic heterocycles. The molecule has 2 aliphatic rings. The molecular formula is C24H25N5O2. The number of urea groups is 1. The highest BCUT2D eigenvalue weighted by Crippen LogP contribution is 2.40. The van der Waals surface area contributed by atoms with Gasteiger partial charge in [-0.1, -0.05) is 6.07 Å². The van der Waals surface area contributed by atoms with Crippen LogP contribution in [-0.2, 0) is 6.42 Å². The van der Waals surface area contributed by atoms with Crippen molar-refractivity contribution < 1.29 is 9.53 Å². The van der Waals surface area contributed by atoms with Crippen LogP contribution in [0.3, 0.4) is 0 Å². The number of ether oxygens (including phenoxy) is 1. The molecule has 1 N–H and O–H groups in total. The number of nitrogens with one attached hydrogen (secondary N) is 1. The van der Waals surface area contributed by atoms with Crippen LogP contribution in [0.25, 0.3) is 11.3 Å². The number of carbonyl (C=O) groups excluding carboxylic acids is 1. The summed E-state index contributed by atoms with van der Waals surface area (Å²) in [6, 6.07) is 14.0. The largest absolute Gasteiger partial charge is 0.497 e. The van der Waals surface area contributed by atoms with Crippen molar-refractivity contribution in [3.05, 3.63) is 59.3 Å². The van der Waals surface area contributed by atoms with Gasteiger partial charge < -0.3 is 15.0 Å². The topological polar surface area (TPSA) is 70.6 Å². The number of anilines is 3. The number of nitrogens with zero attached hydrogens (tertiary/aromatic N) is 4. The quantitative estimate of drug-likeness (QED) is 0.698. The Hall–Kier alpha value is -3.61. The van der Waals surface area contributed by atoms with Gasteiger partial charge in [0.1, 0.15) is 17.4 Å². The second-order valence-electron chi connectivity index (χ2n) is 7.93. The minimum absolute atomic E-state index is 0.0954. The molecule has 5 rings (SSSR count). The van der Waals surface area contributed by atoms with E-state index in [1.54, 1.807) is 12.0 Å². The normalized spacial score (nSPS) is 15.3. The number of carbonyl (C=O) groups is 1. The smallest absolute Gasteiger partial charge is 0.323 e. The van der Waals surface area contributed by atoms with Crippen molar-refractivity contribution in [1.29, 1.82) is 0 Å². The van der Waals surface area contributed by atoms with E-state index in [0.717, 1.165) is 52.7 Å². The van der Waals surface area contributed by atoms with Crippen molar-refractivity contribution in [3.8, 4) is 17.0 Å². The molecule has 0 aliphatic carbocycles. The Kier molecular flexibility index (Phi) is 4.73. The lowest BCUT2D eigenvalue weighted by molar-refractivity contribution is 0.252. The van der Waals surface area contributed by atoms with Gasteiger partial charge in [0, 0.05) is 42.1 Å². The molecule has 2 amide bonds. The number of aromatic nitrogens is 2. The Balaban J connectivity index is 1.57. The maximum Gasteiger partial charge on any atom is 0.323 e. The number of hydrogen-bond donors (Lipinski definition) is 1. The van der Waals surface area contributed by atoms with E-state index in [4.69, 9.17) is 14.7 Å². The molecular weight excluding hydrogens is 390 g/mol. The molecule has 2 aromatic heterocycles. The van der Waals surface area contributed by atoms with E-state index in [2.05, 4.69) is 35.3 Å². The van der Waals surface area contributed by atoms with E-state index in [1.165, 1.54) is 5.56 Å². The van der Waals surface area contributed by atoms with Gasteiger partial charge in [-0.25, -0.2) is 14.8 Å². The van der Waals surface area contributed by atoms with Crippen LogP contribution < -0.4 is 19.9 Å². The second kappa shape index (κ2) is 7.58. The molecule has 0 bridgehead atoms. The van der Waals surface area contributed by atoms with Crippen molar-refractivity contribution in [1.82, 2.24) is 15.3 Å².